The van der Waals surface area contributed by atoms with E-state index in [1.165, 1.54) is 12.7 Å². The highest BCUT2D eigenvalue weighted by atomic mass is 16.5. The molecule has 104 valence electrons. The molecule has 6 heteroatoms. The number of methoxy groups -OCH3 is 2. The van der Waals surface area contributed by atoms with Crippen LogP contribution < -0.4 is 14.8 Å². The van der Waals surface area contributed by atoms with Crippen molar-refractivity contribution in [3.05, 3.63) is 11.9 Å². The fourth-order valence-corrected chi connectivity index (χ4v) is 2.97. The lowest BCUT2D eigenvalue weighted by molar-refractivity contribution is 0.0972. The molecule has 2 bridgehead atoms. The standard InChI is InChI=1S/C13H19N3O3/c1-17-12-9(13(18-2)16-7-15-12)6-14-10-5-8-3-4-11(10)19-8/h7-8,10-11,14H,3-6H2,1-2H3. The summed E-state index contributed by atoms with van der Waals surface area (Å²) in [5.74, 6) is 1.12. The van der Waals surface area contributed by atoms with Crippen LogP contribution in [0.2, 0.25) is 0 Å². The van der Waals surface area contributed by atoms with Crippen LogP contribution in [-0.4, -0.2) is 42.4 Å². The highest BCUT2D eigenvalue weighted by Crippen LogP contribution is 2.35. The number of rotatable bonds is 5. The maximum Gasteiger partial charge on any atom is 0.224 e. The van der Waals surface area contributed by atoms with Crippen LogP contribution in [0.4, 0.5) is 0 Å². The normalized spacial score (nSPS) is 28.6. The third-order valence-electron chi connectivity index (χ3n) is 3.90. The zero-order valence-electron chi connectivity index (χ0n) is 11.3. The van der Waals surface area contributed by atoms with Crippen molar-refractivity contribution in [3.8, 4) is 11.8 Å². The largest absolute Gasteiger partial charge is 0.481 e. The predicted molar refractivity (Wildman–Crippen MR) is 68.3 cm³/mol. The summed E-state index contributed by atoms with van der Waals surface area (Å²) in [6, 6.07) is 0.411. The second kappa shape index (κ2) is 5.30. The van der Waals surface area contributed by atoms with Crippen molar-refractivity contribution >= 4 is 0 Å². The van der Waals surface area contributed by atoms with Crippen molar-refractivity contribution in [1.29, 1.82) is 0 Å². The van der Waals surface area contributed by atoms with Crippen molar-refractivity contribution in [2.45, 2.75) is 44.1 Å². The van der Waals surface area contributed by atoms with Gasteiger partial charge in [-0.25, -0.2) is 9.97 Å². The van der Waals surface area contributed by atoms with Gasteiger partial charge in [0.05, 0.1) is 32.0 Å². The van der Waals surface area contributed by atoms with Gasteiger partial charge in [0, 0.05) is 12.6 Å². The fraction of sp³-hybridized carbons (Fsp3) is 0.692. The topological polar surface area (TPSA) is 65.5 Å². The Morgan fingerprint density at radius 2 is 2.00 bits per heavy atom. The second-order valence-electron chi connectivity index (χ2n) is 4.97. The van der Waals surface area contributed by atoms with E-state index in [4.69, 9.17) is 14.2 Å². The highest BCUT2D eigenvalue weighted by molar-refractivity contribution is 5.34. The molecule has 3 atom stereocenters. The molecule has 2 aliphatic heterocycles. The SMILES string of the molecule is COc1ncnc(OC)c1CNC1CC2CCC1O2. The molecule has 0 saturated carbocycles. The molecule has 2 saturated heterocycles. The summed E-state index contributed by atoms with van der Waals surface area (Å²) in [6.07, 6.45) is 5.68. The summed E-state index contributed by atoms with van der Waals surface area (Å²) < 4.78 is 16.4. The van der Waals surface area contributed by atoms with Crippen LogP contribution >= 0.6 is 0 Å². The maximum absolute atomic E-state index is 5.83. The molecule has 6 nitrogen and oxygen atoms in total. The summed E-state index contributed by atoms with van der Waals surface area (Å²) in [5.41, 5.74) is 0.857. The predicted octanol–water partition coefficient (Wildman–Crippen LogP) is 0.903. The monoisotopic (exact) mass is 265 g/mol. The first-order chi connectivity index (χ1) is 9.31. The van der Waals surface area contributed by atoms with Crippen LogP contribution in [0.1, 0.15) is 24.8 Å². The Labute approximate surface area is 112 Å². The Morgan fingerprint density at radius 1 is 1.26 bits per heavy atom. The molecule has 3 unspecified atom stereocenters. The van der Waals surface area contributed by atoms with E-state index in [9.17, 15) is 0 Å². The van der Waals surface area contributed by atoms with Gasteiger partial charge in [-0.2, -0.15) is 0 Å². The highest BCUT2D eigenvalue weighted by Gasteiger charge is 2.40. The summed E-state index contributed by atoms with van der Waals surface area (Å²) in [5, 5.41) is 3.51. The van der Waals surface area contributed by atoms with Gasteiger partial charge in [-0.3, -0.25) is 0 Å². The summed E-state index contributed by atoms with van der Waals surface area (Å²) in [6.45, 7) is 0.629. The smallest absolute Gasteiger partial charge is 0.224 e. The van der Waals surface area contributed by atoms with Crippen molar-refractivity contribution in [2.75, 3.05) is 14.2 Å². The molecular formula is C13H19N3O3. The first kappa shape index (κ1) is 12.6. The summed E-state index contributed by atoms with van der Waals surface area (Å²) >= 11 is 0. The molecular weight excluding hydrogens is 246 g/mol. The number of hydrogen-bond acceptors (Lipinski definition) is 6. The van der Waals surface area contributed by atoms with E-state index in [1.807, 2.05) is 0 Å². The van der Waals surface area contributed by atoms with Crippen molar-refractivity contribution < 1.29 is 14.2 Å². The third-order valence-corrected chi connectivity index (χ3v) is 3.90. The fourth-order valence-electron chi connectivity index (χ4n) is 2.97. The quantitative estimate of drug-likeness (QED) is 0.853. The van der Waals surface area contributed by atoms with Crippen LogP contribution in [0, 0.1) is 0 Å². The van der Waals surface area contributed by atoms with Gasteiger partial charge in [0.15, 0.2) is 0 Å². The van der Waals surface area contributed by atoms with E-state index >= 15 is 0 Å². The molecule has 0 aromatic carbocycles. The molecule has 1 aromatic heterocycles. The van der Waals surface area contributed by atoms with Crippen molar-refractivity contribution in [2.24, 2.45) is 0 Å². The molecule has 2 fully saturated rings. The first-order valence-corrected chi connectivity index (χ1v) is 6.62. The molecule has 1 aromatic rings. The van der Waals surface area contributed by atoms with Crippen molar-refractivity contribution in [1.82, 2.24) is 15.3 Å². The van der Waals surface area contributed by atoms with E-state index in [1.54, 1.807) is 14.2 Å². The Kier molecular flexibility index (Phi) is 3.52. The Hall–Kier alpha value is -1.40. The Balaban J connectivity index is 1.69. The van der Waals surface area contributed by atoms with Crippen LogP contribution in [0.3, 0.4) is 0 Å². The minimum absolute atomic E-state index is 0.353. The molecule has 1 N–H and O–H groups in total. The van der Waals surface area contributed by atoms with Gasteiger partial charge in [-0.05, 0) is 19.3 Å². The molecule has 3 rings (SSSR count). The van der Waals surface area contributed by atoms with E-state index in [-0.39, 0.29) is 0 Å². The minimum Gasteiger partial charge on any atom is -0.481 e. The average Bonchev–Trinajstić information content (AvgIpc) is 3.07. The zero-order valence-corrected chi connectivity index (χ0v) is 11.3. The molecule has 19 heavy (non-hydrogen) atoms. The molecule has 0 amide bonds. The molecule has 2 aliphatic rings. The summed E-state index contributed by atoms with van der Waals surface area (Å²) in [7, 11) is 3.21. The number of nitrogens with zero attached hydrogens (tertiary/aromatic N) is 2. The molecule has 0 radical (unpaired) electrons. The second-order valence-corrected chi connectivity index (χ2v) is 4.97. The van der Waals surface area contributed by atoms with Crippen LogP contribution in [-0.2, 0) is 11.3 Å². The van der Waals surface area contributed by atoms with E-state index in [0.717, 1.165) is 18.4 Å². The third kappa shape index (κ3) is 2.37. The van der Waals surface area contributed by atoms with Crippen LogP contribution in [0.5, 0.6) is 11.8 Å². The van der Waals surface area contributed by atoms with Gasteiger partial charge in [0.1, 0.15) is 6.33 Å². The average molecular weight is 265 g/mol. The van der Waals surface area contributed by atoms with Gasteiger partial charge in [-0.15, -0.1) is 0 Å². The minimum atomic E-state index is 0.353. The zero-order chi connectivity index (χ0) is 13.2. The van der Waals surface area contributed by atoms with Gasteiger partial charge < -0.3 is 19.5 Å². The molecule has 0 aliphatic carbocycles. The van der Waals surface area contributed by atoms with Gasteiger partial charge in [-0.1, -0.05) is 0 Å². The van der Waals surface area contributed by atoms with Gasteiger partial charge in [0.25, 0.3) is 0 Å². The molecule has 0 spiro atoms. The van der Waals surface area contributed by atoms with E-state index in [2.05, 4.69) is 15.3 Å². The number of nitrogens with one attached hydrogen (secondary N) is 1. The lowest BCUT2D eigenvalue weighted by atomic mass is 9.95. The van der Waals surface area contributed by atoms with Crippen molar-refractivity contribution in [3.63, 3.8) is 0 Å². The van der Waals surface area contributed by atoms with E-state index < -0.39 is 0 Å². The van der Waals surface area contributed by atoms with Gasteiger partial charge in [0.2, 0.25) is 11.8 Å². The first-order valence-electron chi connectivity index (χ1n) is 6.62. The van der Waals surface area contributed by atoms with Crippen LogP contribution in [0.15, 0.2) is 6.33 Å². The van der Waals surface area contributed by atoms with E-state index in [0.29, 0.717) is 36.6 Å². The lowest BCUT2D eigenvalue weighted by Crippen LogP contribution is -2.37. The number of ether oxygens (including phenoxy) is 3. The number of hydrogen-bond donors (Lipinski definition) is 1. The Bertz CT molecular complexity index is 433. The maximum atomic E-state index is 5.83. The Morgan fingerprint density at radius 3 is 2.53 bits per heavy atom. The number of fused-ring (bicyclic) bond motifs is 2. The van der Waals surface area contributed by atoms with Gasteiger partial charge >= 0.3 is 0 Å². The lowest BCUT2D eigenvalue weighted by Gasteiger charge is -2.21. The molecule has 3 heterocycles. The summed E-state index contributed by atoms with van der Waals surface area (Å²) in [4.78, 5) is 8.23. The number of aromatic nitrogens is 2. The van der Waals surface area contributed by atoms with Crippen LogP contribution in [0.25, 0.3) is 0 Å².